The summed E-state index contributed by atoms with van der Waals surface area (Å²) in [7, 11) is 1.48. The van der Waals surface area contributed by atoms with E-state index in [0.717, 1.165) is 0 Å². The predicted molar refractivity (Wildman–Crippen MR) is 105 cm³/mol. The summed E-state index contributed by atoms with van der Waals surface area (Å²) < 4.78 is 16.2. The molecule has 0 spiro atoms. The van der Waals surface area contributed by atoms with E-state index in [1.807, 2.05) is 20.8 Å². The van der Waals surface area contributed by atoms with Crippen LogP contribution in [0.2, 0.25) is 5.02 Å². The number of anilines is 1. The molecule has 27 heavy (non-hydrogen) atoms. The number of benzene rings is 1. The molecule has 2 amide bonds. The normalized spacial score (nSPS) is 12.9. The van der Waals surface area contributed by atoms with E-state index in [4.69, 9.17) is 25.8 Å². The fraction of sp³-hybridized carbons (Fsp3) is 0.579. The number of rotatable bonds is 6. The van der Waals surface area contributed by atoms with Crippen LogP contribution in [0.1, 0.15) is 41.5 Å². The zero-order valence-electron chi connectivity index (χ0n) is 16.9. The van der Waals surface area contributed by atoms with Crippen LogP contribution in [0.5, 0.6) is 5.75 Å². The molecule has 8 heteroatoms. The molecule has 0 aliphatic heterocycles. The van der Waals surface area contributed by atoms with Gasteiger partial charge in [0, 0.05) is 5.02 Å². The summed E-state index contributed by atoms with van der Waals surface area (Å²) in [5.74, 6) is -0.144. The minimum atomic E-state index is -0.978. The Kier molecular flexibility index (Phi) is 7.92. The molecule has 0 radical (unpaired) electrons. The molecule has 152 valence electrons. The molecule has 7 nitrogen and oxygen atoms in total. The summed E-state index contributed by atoms with van der Waals surface area (Å²) in [4.78, 5) is 24.9. The van der Waals surface area contributed by atoms with E-state index in [1.165, 1.54) is 7.11 Å². The average Bonchev–Trinajstić information content (AvgIpc) is 2.49. The van der Waals surface area contributed by atoms with Crippen LogP contribution in [-0.2, 0) is 14.3 Å². The highest BCUT2D eigenvalue weighted by Gasteiger charge is 2.28. The Bertz CT molecular complexity index is 665. The lowest BCUT2D eigenvalue weighted by Gasteiger charge is -2.27. The van der Waals surface area contributed by atoms with E-state index in [2.05, 4.69) is 10.6 Å². The van der Waals surface area contributed by atoms with Gasteiger partial charge in [-0.15, -0.1) is 0 Å². The third-order valence-electron chi connectivity index (χ3n) is 3.09. The van der Waals surface area contributed by atoms with Crippen molar-refractivity contribution in [3.63, 3.8) is 0 Å². The van der Waals surface area contributed by atoms with Crippen molar-refractivity contribution in [1.82, 2.24) is 5.32 Å². The summed E-state index contributed by atoms with van der Waals surface area (Å²) in [6, 6.07) is 3.24. The number of esters is 1. The van der Waals surface area contributed by atoms with Crippen molar-refractivity contribution in [2.45, 2.75) is 58.8 Å². The van der Waals surface area contributed by atoms with E-state index in [1.54, 1.807) is 39.0 Å². The smallest absolute Gasteiger partial charge is 0.331 e. The number of amides is 2. The monoisotopic (exact) mass is 400 g/mol. The van der Waals surface area contributed by atoms with Gasteiger partial charge in [-0.1, -0.05) is 11.6 Å². The van der Waals surface area contributed by atoms with Crippen LogP contribution in [0.3, 0.4) is 0 Å². The first kappa shape index (κ1) is 23.0. The fourth-order valence-electron chi connectivity index (χ4n) is 1.97. The van der Waals surface area contributed by atoms with Crippen molar-refractivity contribution in [2.24, 2.45) is 0 Å². The second kappa shape index (κ2) is 9.28. The molecule has 0 aliphatic rings. The van der Waals surface area contributed by atoms with Crippen LogP contribution in [0, 0.1) is 0 Å². The maximum Gasteiger partial charge on any atom is 0.331 e. The standard InChI is InChI=1S/C19H29ClN2O5/c1-18(2,3)26-11-14(16(23)27-19(4,5)6)22-17(24)21-13-10-12(20)8-9-15(13)25-7/h8-10,14H,11H2,1-7H3,(H2,21,22,24). The first-order valence-electron chi connectivity index (χ1n) is 8.58. The van der Waals surface area contributed by atoms with E-state index >= 15 is 0 Å². The Balaban J connectivity index is 2.88. The molecule has 1 aromatic rings. The number of hydrogen-bond donors (Lipinski definition) is 2. The first-order valence-corrected chi connectivity index (χ1v) is 8.96. The van der Waals surface area contributed by atoms with Crippen molar-refractivity contribution in [3.05, 3.63) is 23.2 Å². The fourth-order valence-corrected chi connectivity index (χ4v) is 2.14. The van der Waals surface area contributed by atoms with E-state index in [9.17, 15) is 9.59 Å². The van der Waals surface area contributed by atoms with Gasteiger partial charge in [0.2, 0.25) is 0 Å². The first-order chi connectivity index (χ1) is 12.3. The van der Waals surface area contributed by atoms with Crippen LogP contribution in [0.15, 0.2) is 18.2 Å². The molecule has 1 atom stereocenters. The van der Waals surface area contributed by atoms with E-state index in [0.29, 0.717) is 16.5 Å². The Morgan fingerprint density at radius 1 is 1.11 bits per heavy atom. The molecule has 1 aromatic carbocycles. The zero-order chi connectivity index (χ0) is 20.8. The molecule has 2 N–H and O–H groups in total. The number of nitrogens with one attached hydrogen (secondary N) is 2. The van der Waals surface area contributed by atoms with E-state index < -0.39 is 29.2 Å². The summed E-state index contributed by atoms with van der Waals surface area (Å²) >= 11 is 5.96. The largest absolute Gasteiger partial charge is 0.495 e. The van der Waals surface area contributed by atoms with Crippen molar-refractivity contribution < 1.29 is 23.8 Å². The number of carbonyl (C=O) groups is 2. The lowest BCUT2D eigenvalue weighted by Crippen LogP contribution is -2.49. The van der Waals surface area contributed by atoms with Crippen molar-refractivity contribution in [3.8, 4) is 5.75 Å². The Labute approximate surface area is 165 Å². The van der Waals surface area contributed by atoms with Crippen molar-refractivity contribution in [2.75, 3.05) is 19.0 Å². The number of hydrogen-bond acceptors (Lipinski definition) is 5. The molecule has 1 unspecified atom stereocenters. The third-order valence-corrected chi connectivity index (χ3v) is 3.32. The van der Waals surface area contributed by atoms with Gasteiger partial charge >= 0.3 is 12.0 Å². The summed E-state index contributed by atoms with van der Waals surface area (Å²) in [5, 5.41) is 5.64. The molecular formula is C19H29ClN2O5. The highest BCUT2D eigenvalue weighted by atomic mass is 35.5. The van der Waals surface area contributed by atoms with Gasteiger partial charge in [-0.25, -0.2) is 9.59 Å². The van der Waals surface area contributed by atoms with Gasteiger partial charge in [0.05, 0.1) is 25.0 Å². The van der Waals surface area contributed by atoms with Crippen LogP contribution >= 0.6 is 11.6 Å². The molecule has 0 saturated carbocycles. The van der Waals surface area contributed by atoms with Gasteiger partial charge in [0.15, 0.2) is 6.04 Å². The Hall–Kier alpha value is -1.99. The topological polar surface area (TPSA) is 85.9 Å². The van der Waals surface area contributed by atoms with Crippen LogP contribution in [0.4, 0.5) is 10.5 Å². The zero-order valence-corrected chi connectivity index (χ0v) is 17.7. The van der Waals surface area contributed by atoms with Crippen LogP contribution in [0.25, 0.3) is 0 Å². The minimum absolute atomic E-state index is 0.0293. The highest BCUT2D eigenvalue weighted by molar-refractivity contribution is 6.31. The second-order valence-corrected chi connectivity index (χ2v) is 8.39. The molecular weight excluding hydrogens is 372 g/mol. The number of carbonyl (C=O) groups excluding carboxylic acids is 2. The van der Waals surface area contributed by atoms with Crippen molar-refractivity contribution in [1.29, 1.82) is 0 Å². The van der Waals surface area contributed by atoms with Gasteiger partial charge < -0.3 is 24.8 Å². The summed E-state index contributed by atoms with van der Waals surface area (Å²) in [5.41, 5.74) is -0.790. The Morgan fingerprint density at radius 2 is 1.74 bits per heavy atom. The molecule has 0 saturated heterocycles. The van der Waals surface area contributed by atoms with Gasteiger partial charge in [-0.2, -0.15) is 0 Å². The van der Waals surface area contributed by atoms with Crippen LogP contribution < -0.4 is 15.4 Å². The highest BCUT2D eigenvalue weighted by Crippen LogP contribution is 2.27. The maximum absolute atomic E-state index is 12.5. The third kappa shape index (κ3) is 8.97. The molecule has 1 rings (SSSR count). The molecule has 0 aliphatic carbocycles. The second-order valence-electron chi connectivity index (χ2n) is 7.95. The number of methoxy groups -OCH3 is 1. The quantitative estimate of drug-likeness (QED) is 0.705. The van der Waals surface area contributed by atoms with Gasteiger partial charge in [0.1, 0.15) is 11.4 Å². The number of urea groups is 1. The Morgan fingerprint density at radius 3 is 2.26 bits per heavy atom. The molecule has 0 aromatic heterocycles. The SMILES string of the molecule is COc1ccc(Cl)cc1NC(=O)NC(COC(C)(C)C)C(=O)OC(C)(C)C. The van der Waals surface area contributed by atoms with Gasteiger partial charge in [0.25, 0.3) is 0 Å². The van der Waals surface area contributed by atoms with Crippen molar-refractivity contribution >= 4 is 29.3 Å². The molecule has 0 heterocycles. The van der Waals surface area contributed by atoms with Crippen LogP contribution in [-0.4, -0.2) is 43.0 Å². The average molecular weight is 401 g/mol. The lowest BCUT2D eigenvalue weighted by molar-refractivity contribution is -0.160. The predicted octanol–water partition coefficient (Wildman–Crippen LogP) is 4.00. The summed E-state index contributed by atoms with van der Waals surface area (Å²) in [6.07, 6.45) is 0. The van der Waals surface area contributed by atoms with Gasteiger partial charge in [-0.05, 0) is 59.7 Å². The van der Waals surface area contributed by atoms with E-state index in [-0.39, 0.29) is 6.61 Å². The number of halogens is 1. The maximum atomic E-state index is 12.5. The number of ether oxygens (including phenoxy) is 3. The molecule has 0 fully saturated rings. The minimum Gasteiger partial charge on any atom is -0.495 e. The summed E-state index contributed by atoms with van der Waals surface area (Å²) in [6.45, 7) is 10.8. The molecule has 0 bridgehead atoms. The van der Waals surface area contributed by atoms with Gasteiger partial charge in [-0.3, -0.25) is 0 Å². The lowest BCUT2D eigenvalue weighted by atomic mass is 10.1.